The van der Waals surface area contributed by atoms with E-state index in [9.17, 15) is 22.4 Å². The number of halogens is 7. The van der Waals surface area contributed by atoms with Crippen molar-refractivity contribution in [1.29, 1.82) is 0 Å². The van der Waals surface area contributed by atoms with E-state index < -0.39 is 23.3 Å². The molecule has 5 nitrogen and oxygen atoms in total. The minimum atomic E-state index is -0.760. The Labute approximate surface area is 229 Å². The number of amides is 1. The van der Waals surface area contributed by atoms with Crippen LogP contribution in [0.25, 0.3) is 21.8 Å². The zero-order chi connectivity index (χ0) is 27.5. The highest BCUT2D eigenvalue weighted by Gasteiger charge is 2.49. The van der Waals surface area contributed by atoms with Crippen molar-refractivity contribution >= 4 is 68.3 Å². The summed E-state index contributed by atoms with van der Waals surface area (Å²) in [5.74, 6) is -2.64. The lowest BCUT2D eigenvalue weighted by atomic mass is 9.85. The summed E-state index contributed by atoms with van der Waals surface area (Å²) in [6.45, 7) is 4.87. The van der Waals surface area contributed by atoms with E-state index in [1.165, 1.54) is 0 Å². The first kappa shape index (κ1) is 26.9. The molecule has 2 aromatic carbocycles. The zero-order valence-electron chi connectivity index (χ0n) is 19.9. The zero-order valence-corrected chi connectivity index (χ0v) is 22.2. The lowest BCUT2D eigenvalue weighted by molar-refractivity contribution is -0.126. The molecular formula is C26H18Cl3F4N3O2. The Hall–Kier alpha value is -2.72. The van der Waals surface area contributed by atoms with Crippen LogP contribution in [0.3, 0.4) is 0 Å². The number of benzene rings is 2. The molecule has 1 amide bonds. The Balaban J connectivity index is 0.000000170. The Kier molecular flexibility index (Phi) is 6.92. The molecule has 0 aliphatic carbocycles. The first-order valence-corrected chi connectivity index (χ1v) is 12.5. The van der Waals surface area contributed by atoms with Crippen LogP contribution in [0.4, 0.5) is 23.4 Å². The SMILES string of the molecule is Cc1c(Cl)nc2cc(F)cc(F)c2c1Cl.Cc1c(N2CC3(COC3)CC2=O)nc2cc(F)cc(F)c2c1Cl. The summed E-state index contributed by atoms with van der Waals surface area (Å²) in [6.07, 6.45) is 0.390. The summed E-state index contributed by atoms with van der Waals surface area (Å²) in [5.41, 5.74) is 1.05. The van der Waals surface area contributed by atoms with Crippen LogP contribution in [-0.4, -0.2) is 35.6 Å². The fourth-order valence-corrected chi connectivity index (χ4v) is 5.40. The van der Waals surface area contributed by atoms with E-state index in [1.54, 1.807) is 18.7 Å². The molecule has 38 heavy (non-hydrogen) atoms. The van der Waals surface area contributed by atoms with Gasteiger partial charge >= 0.3 is 0 Å². The van der Waals surface area contributed by atoms with Crippen LogP contribution in [0, 0.1) is 42.5 Å². The van der Waals surface area contributed by atoms with Crippen molar-refractivity contribution in [3.8, 4) is 0 Å². The molecule has 0 N–H and O–H groups in total. The van der Waals surface area contributed by atoms with Gasteiger partial charge in [0.1, 0.15) is 34.2 Å². The van der Waals surface area contributed by atoms with Gasteiger partial charge in [0.15, 0.2) is 0 Å². The van der Waals surface area contributed by atoms with E-state index >= 15 is 0 Å². The van der Waals surface area contributed by atoms with Crippen molar-refractivity contribution in [2.75, 3.05) is 24.7 Å². The van der Waals surface area contributed by atoms with Gasteiger partial charge in [0.2, 0.25) is 5.91 Å². The van der Waals surface area contributed by atoms with Crippen molar-refractivity contribution in [2.24, 2.45) is 5.41 Å². The van der Waals surface area contributed by atoms with Gasteiger partial charge in [-0.2, -0.15) is 0 Å². The van der Waals surface area contributed by atoms with Crippen LogP contribution < -0.4 is 4.90 Å². The second kappa shape index (κ2) is 9.79. The van der Waals surface area contributed by atoms with Crippen LogP contribution in [0.5, 0.6) is 0 Å². The van der Waals surface area contributed by atoms with Crippen molar-refractivity contribution in [3.63, 3.8) is 0 Å². The summed E-state index contributed by atoms with van der Waals surface area (Å²) < 4.78 is 59.0. The molecule has 2 fully saturated rings. The number of carbonyl (C=O) groups is 1. The quantitative estimate of drug-likeness (QED) is 0.173. The molecule has 0 saturated carbocycles. The maximum Gasteiger partial charge on any atom is 0.228 e. The molecule has 4 heterocycles. The average molecular weight is 587 g/mol. The Morgan fingerprint density at radius 1 is 0.842 bits per heavy atom. The summed E-state index contributed by atoms with van der Waals surface area (Å²) in [4.78, 5) is 22.1. The van der Waals surface area contributed by atoms with Crippen molar-refractivity contribution in [3.05, 3.63) is 73.9 Å². The molecule has 1 spiro atoms. The molecular weight excluding hydrogens is 569 g/mol. The van der Waals surface area contributed by atoms with Crippen molar-refractivity contribution in [2.45, 2.75) is 20.3 Å². The Morgan fingerprint density at radius 2 is 1.37 bits per heavy atom. The summed E-state index contributed by atoms with van der Waals surface area (Å²) in [6, 6.07) is 3.76. The Bertz CT molecular complexity index is 1650. The van der Waals surface area contributed by atoms with E-state index in [1.807, 2.05) is 0 Å². The molecule has 0 unspecified atom stereocenters. The fourth-order valence-electron chi connectivity index (χ4n) is 4.62. The molecule has 198 valence electrons. The maximum absolute atomic E-state index is 14.0. The molecule has 6 rings (SSSR count). The second-order valence-electron chi connectivity index (χ2n) is 9.43. The largest absolute Gasteiger partial charge is 0.380 e. The normalized spacial score (nSPS) is 16.2. The number of fused-ring (bicyclic) bond motifs is 2. The molecule has 2 aliphatic rings. The topological polar surface area (TPSA) is 55.3 Å². The van der Waals surface area contributed by atoms with Crippen LogP contribution >= 0.6 is 34.8 Å². The first-order chi connectivity index (χ1) is 17.9. The minimum absolute atomic E-state index is 0.0719. The lowest BCUT2D eigenvalue weighted by Gasteiger charge is -2.36. The average Bonchev–Trinajstić information content (AvgIpc) is 3.17. The highest BCUT2D eigenvalue weighted by Crippen LogP contribution is 2.42. The predicted octanol–water partition coefficient (Wildman–Crippen LogP) is 7.36. The van der Waals surface area contributed by atoms with Gasteiger partial charge in [-0.05, 0) is 13.8 Å². The van der Waals surface area contributed by atoms with Gasteiger partial charge in [0.25, 0.3) is 0 Å². The highest BCUT2D eigenvalue weighted by molar-refractivity contribution is 6.39. The third-order valence-corrected chi connectivity index (χ3v) is 7.96. The van der Waals surface area contributed by atoms with Gasteiger partial charge in [0, 0.05) is 53.8 Å². The van der Waals surface area contributed by atoms with Crippen LogP contribution in [0.2, 0.25) is 15.2 Å². The fraction of sp³-hybridized carbons (Fsp3) is 0.269. The van der Waals surface area contributed by atoms with Gasteiger partial charge in [0.05, 0.1) is 45.1 Å². The third kappa shape index (κ3) is 4.55. The van der Waals surface area contributed by atoms with Crippen LogP contribution in [0.1, 0.15) is 17.5 Å². The molecule has 0 bridgehead atoms. The van der Waals surface area contributed by atoms with Crippen molar-refractivity contribution < 1.29 is 27.1 Å². The number of pyridine rings is 2. The number of anilines is 1. The van der Waals surface area contributed by atoms with Gasteiger partial charge in [-0.25, -0.2) is 27.5 Å². The summed E-state index contributed by atoms with van der Waals surface area (Å²) in [5, 5.41) is 0.642. The lowest BCUT2D eigenvalue weighted by Crippen LogP contribution is -2.44. The smallest absolute Gasteiger partial charge is 0.228 e. The van der Waals surface area contributed by atoms with Gasteiger partial charge in [-0.1, -0.05) is 34.8 Å². The monoisotopic (exact) mass is 585 g/mol. The van der Waals surface area contributed by atoms with Gasteiger partial charge < -0.3 is 4.74 Å². The number of aromatic nitrogens is 2. The standard InChI is InChI=1S/C16H13ClF2N2O2.C10H5Cl2F2N/c1-8-14(17)13-10(19)2-9(18)3-11(13)20-15(8)21-5-16(4-12(21)22)6-23-7-16;1-4-9(11)8-6(14)2-5(13)3-7(8)15-10(4)12/h2-3H,4-7H2,1H3;2-3H,1H3. The number of carbonyl (C=O) groups excluding carboxylic acids is 1. The number of hydrogen-bond acceptors (Lipinski definition) is 4. The minimum Gasteiger partial charge on any atom is -0.380 e. The molecule has 12 heteroatoms. The molecule has 2 aliphatic heterocycles. The van der Waals surface area contributed by atoms with E-state index in [0.29, 0.717) is 43.1 Å². The predicted molar refractivity (Wildman–Crippen MR) is 138 cm³/mol. The van der Waals surface area contributed by atoms with E-state index in [4.69, 9.17) is 39.5 Å². The molecule has 2 aromatic heterocycles. The van der Waals surface area contributed by atoms with Gasteiger partial charge in [-0.15, -0.1) is 0 Å². The highest BCUT2D eigenvalue weighted by atomic mass is 35.5. The number of nitrogens with zero attached hydrogens (tertiary/aromatic N) is 3. The van der Waals surface area contributed by atoms with Gasteiger partial charge in [-0.3, -0.25) is 9.69 Å². The molecule has 4 aromatic rings. The van der Waals surface area contributed by atoms with Crippen LogP contribution in [0.15, 0.2) is 24.3 Å². The Morgan fingerprint density at radius 3 is 1.87 bits per heavy atom. The van der Waals surface area contributed by atoms with E-state index in [2.05, 4.69) is 9.97 Å². The first-order valence-electron chi connectivity index (χ1n) is 11.3. The van der Waals surface area contributed by atoms with Crippen LogP contribution in [-0.2, 0) is 9.53 Å². The molecule has 0 radical (unpaired) electrons. The number of hydrogen-bond donors (Lipinski definition) is 0. The van der Waals surface area contributed by atoms with Crippen molar-refractivity contribution in [1.82, 2.24) is 9.97 Å². The van der Waals surface area contributed by atoms with E-state index in [-0.39, 0.29) is 48.3 Å². The number of rotatable bonds is 1. The summed E-state index contributed by atoms with van der Waals surface area (Å²) >= 11 is 17.9. The molecule has 0 atom stereocenters. The maximum atomic E-state index is 14.0. The third-order valence-electron chi connectivity index (χ3n) is 6.65. The number of ether oxygens (including phenoxy) is 1. The second-order valence-corrected chi connectivity index (χ2v) is 10.5. The van der Waals surface area contributed by atoms with E-state index in [0.717, 1.165) is 24.3 Å². The molecule has 2 saturated heterocycles. The summed E-state index contributed by atoms with van der Waals surface area (Å²) in [7, 11) is 0.